The average Bonchev–Trinajstić information content (AvgIpc) is 3.32. The molecule has 3 aromatic carbocycles. The number of aromatic nitrogens is 2. The molecule has 1 aliphatic carbocycles. The Labute approximate surface area is 260 Å². The van der Waals surface area contributed by atoms with Gasteiger partial charge in [-0.3, -0.25) is 14.0 Å². The summed E-state index contributed by atoms with van der Waals surface area (Å²) in [7, 11) is 0. The lowest BCUT2D eigenvalue weighted by molar-refractivity contribution is 0.0685. The first kappa shape index (κ1) is 30.2. The van der Waals surface area contributed by atoms with Gasteiger partial charge in [0.05, 0.1) is 11.0 Å². The smallest absolute Gasteiger partial charge is 0.407 e. The van der Waals surface area contributed by atoms with Crippen molar-refractivity contribution in [2.24, 2.45) is 5.92 Å². The minimum atomic E-state index is -0.870. The molecule has 0 radical (unpaired) electrons. The Morgan fingerprint density at radius 3 is 2.05 bits per heavy atom. The molecule has 7 heteroatoms. The van der Waals surface area contributed by atoms with E-state index in [-0.39, 0.29) is 23.8 Å². The van der Waals surface area contributed by atoms with Crippen molar-refractivity contribution in [3.8, 4) is 0 Å². The second-order valence-electron chi connectivity index (χ2n) is 13.0. The lowest BCUT2D eigenvalue weighted by Gasteiger charge is -2.41. The number of amides is 1. The molecule has 1 saturated heterocycles. The molecule has 7 nitrogen and oxygen atoms in total. The first-order chi connectivity index (χ1) is 21.5. The van der Waals surface area contributed by atoms with E-state index in [1.54, 1.807) is 4.90 Å². The van der Waals surface area contributed by atoms with Gasteiger partial charge in [0.1, 0.15) is 0 Å². The second-order valence-corrected chi connectivity index (χ2v) is 13.0. The minimum absolute atomic E-state index is 0.0375. The zero-order chi connectivity index (χ0) is 30.5. The van der Waals surface area contributed by atoms with Gasteiger partial charge in [0.25, 0.3) is 0 Å². The van der Waals surface area contributed by atoms with Crippen molar-refractivity contribution in [2.45, 2.75) is 96.1 Å². The van der Waals surface area contributed by atoms with Crippen LogP contribution in [0.2, 0.25) is 0 Å². The van der Waals surface area contributed by atoms with E-state index in [2.05, 4.69) is 72.5 Å². The summed E-state index contributed by atoms with van der Waals surface area (Å²) in [5.74, 6) is 0.545. The molecule has 3 atom stereocenters. The SMILES string of the molecule is CC(C[C@H]1CC(n2c(=O)n(CC3CCCCC3)c3ccccc32)CCN1C(=O)O)N(Cc1ccccc1)Cc1ccccc1. The van der Waals surface area contributed by atoms with E-state index >= 15 is 0 Å². The van der Waals surface area contributed by atoms with Crippen LogP contribution in [0.4, 0.5) is 4.79 Å². The Bertz CT molecular complexity index is 1530. The minimum Gasteiger partial charge on any atom is -0.465 e. The summed E-state index contributed by atoms with van der Waals surface area (Å²) in [5.41, 5.74) is 4.52. The maximum atomic E-state index is 14.1. The molecule has 44 heavy (non-hydrogen) atoms. The summed E-state index contributed by atoms with van der Waals surface area (Å²) < 4.78 is 4.01. The Morgan fingerprint density at radius 1 is 0.841 bits per heavy atom. The number of para-hydroxylation sites is 2. The zero-order valence-corrected chi connectivity index (χ0v) is 25.9. The van der Waals surface area contributed by atoms with E-state index in [4.69, 9.17) is 0 Å². The normalized spacial score (nSPS) is 20.3. The van der Waals surface area contributed by atoms with Crippen LogP contribution in [0.1, 0.15) is 75.5 Å². The highest BCUT2D eigenvalue weighted by molar-refractivity contribution is 5.76. The Kier molecular flexibility index (Phi) is 9.51. The fraction of sp³-hybridized carbons (Fsp3) is 0.459. The average molecular weight is 595 g/mol. The zero-order valence-electron chi connectivity index (χ0n) is 25.9. The van der Waals surface area contributed by atoms with Gasteiger partial charge in [-0.05, 0) is 68.2 Å². The lowest BCUT2D eigenvalue weighted by atomic mass is 9.89. The van der Waals surface area contributed by atoms with Crippen LogP contribution in [-0.2, 0) is 19.6 Å². The van der Waals surface area contributed by atoms with E-state index < -0.39 is 6.09 Å². The second kappa shape index (κ2) is 13.9. The summed E-state index contributed by atoms with van der Waals surface area (Å²) in [6, 6.07) is 29.1. The van der Waals surface area contributed by atoms with E-state index in [1.165, 1.54) is 43.2 Å². The van der Waals surface area contributed by atoms with Crippen LogP contribution in [0.25, 0.3) is 11.0 Å². The first-order valence-corrected chi connectivity index (χ1v) is 16.5. The summed E-state index contributed by atoms with van der Waals surface area (Å²) in [5, 5.41) is 10.2. The third-order valence-corrected chi connectivity index (χ3v) is 10.0. The Morgan fingerprint density at radius 2 is 1.43 bits per heavy atom. The number of hydrogen-bond acceptors (Lipinski definition) is 3. The van der Waals surface area contributed by atoms with Crippen LogP contribution in [0.3, 0.4) is 0 Å². The van der Waals surface area contributed by atoms with Crippen molar-refractivity contribution in [3.05, 3.63) is 107 Å². The molecule has 1 aliphatic heterocycles. The number of imidazole rings is 1. The van der Waals surface area contributed by atoms with Gasteiger partial charge in [-0.25, -0.2) is 9.59 Å². The van der Waals surface area contributed by atoms with Gasteiger partial charge in [0.15, 0.2) is 0 Å². The molecule has 1 amide bonds. The topological polar surface area (TPSA) is 70.7 Å². The molecular formula is C37H46N4O3. The highest BCUT2D eigenvalue weighted by Crippen LogP contribution is 2.33. The number of rotatable bonds is 10. The maximum Gasteiger partial charge on any atom is 0.407 e. The quantitative estimate of drug-likeness (QED) is 0.206. The predicted molar refractivity (Wildman–Crippen MR) is 176 cm³/mol. The van der Waals surface area contributed by atoms with Crippen molar-refractivity contribution < 1.29 is 9.90 Å². The van der Waals surface area contributed by atoms with Crippen LogP contribution in [0, 0.1) is 5.92 Å². The molecule has 1 saturated carbocycles. The number of likely N-dealkylation sites (tertiary alicyclic amines) is 1. The molecule has 0 spiro atoms. The molecule has 0 bridgehead atoms. The van der Waals surface area contributed by atoms with Crippen molar-refractivity contribution in [2.75, 3.05) is 6.54 Å². The number of hydrogen-bond donors (Lipinski definition) is 1. The molecular weight excluding hydrogens is 548 g/mol. The molecule has 232 valence electrons. The van der Waals surface area contributed by atoms with Gasteiger partial charge in [-0.15, -0.1) is 0 Å². The molecule has 1 N–H and O–H groups in total. The van der Waals surface area contributed by atoms with E-state index in [0.29, 0.717) is 31.7 Å². The predicted octanol–water partition coefficient (Wildman–Crippen LogP) is 7.55. The van der Waals surface area contributed by atoms with Crippen LogP contribution < -0.4 is 5.69 Å². The fourth-order valence-electron chi connectivity index (χ4n) is 7.68. The Balaban J connectivity index is 1.26. The molecule has 2 unspecified atom stereocenters. The van der Waals surface area contributed by atoms with Crippen LogP contribution in [0.5, 0.6) is 0 Å². The molecule has 2 fully saturated rings. The third-order valence-electron chi connectivity index (χ3n) is 10.0. The monoisotopic (exact) mass is 594 g/mol. The van der Waals surface area contributed by atoms with E-state index in [9.17, 15) is 14.7 Å². The summed E-state index contributed by atoms with van der Waals surface area (Å²) in [6.07, 6.45) is 7.28. The first-order valence-electron chi connectivity index (χ1n) is 16.5. The maximum absolute atomic E-state index is 14.1. The van der Waals surface area contributed by atoms with Crippen LogP contribution in [0.15, 0.2) is 89.7 Å². The largest absolute Gasteiger partial charge is 0.465 e. The highest BCUT2D eigenvalue weighted by Gasteiger charge is 2.36. The Hall–Kier alpha value is -3.84. The highest BCUT2D eigenvalue weighted by atomic mass is 16.4. The van der Waals surface area contributed by atoms with Crippen molar-refractivity contribution in [3.63, 3.8) is 0 Å². The summed E-state index contributed by atoms with van der Waals surface area (Å²) in [4.78, 5) is 30.7. The molecule has 2 aliphatic rings. The summed E-state index contributed by atoms with van der Waals surface area (Å²) in [6.45, 7) is 5.00. The standard InChI is InChI=1S/C37H46N4O3/c1-28(38(25-29-13-5-2-6-14-29)26-30-15-7-3-8-16-30)23-33-24-32(21-22-39(33)37(43)44)41-35-20-12-11-19-34(35)40(36(41)42)27-31-17-9-4-10-18-31/h2-3,5-8,11-16,19-20,28,31-33H,4,9-10,17-18,21-27H2,1H3,(H,43,44)/t28?,32?,33-/m0/s1. The van der Waals surface area contributed by atoms with Crippen molar-refractivity contribution in [1.82, 2.24) is 18.9 Å². The molecule has 1 aromatic heterocycles. The van der Waals surface area contributed by atoms with Crippen LogP contribution >= 0.6 is 0 Å². The van der Waals surface area contributed by atoms with Gasteiger partial charge in [-0.1, -0.05) is 92.1 Å². The third kappa shape index (κ3) is 6.78. The van der Waals surface area contributed by atoms with E-state index in [0.717, 1.165) is 30.7 Å². The van der Waals surface area contributed by atoms with Gasteiger partial charge in [0, 0.05) is 44.3 Å². The van der Waals surface area contributed by atoms with E-state index in [1.807, 2.05) is 33.4 Å². The van der Waals surface area contributed by atoms with Crippen LogP contribution in [-0.4, -0.2) is 48.8 Å². The number of piperidine rings is 1. The van der Waals surface area contributed by atoms with Crippen molar-refractivity contribution in [1.29, 1.82) is 0 Å². The molecule has 4 aromatic rings. The van der Waals surface area contributed by atoms with Crippen molar-refractivity contribution >= 4 is 17.1 Å². The number of benzene rings is 3. The number of nitrogens with zero attached hydrogens (tertiary/aromatic N) is 4. The van der Waals surface area contributed by atoms with Gasteiger partial charge in [0.2, 0.25) is 0 Å². The summed E-state index contributed by atoms with van der Waals surface area (Å²) >= 11 is 0. The lowest BCUT2D eigenvalue weighted by Crippen LogP contribution is -2.49. The fourth-order valence-corrected chi connectivity index (χ4v) is 7.68. The molecule has 6 rings (SSSR count). The molecule has 2 heterocycles. The number of fused-ring (bicyclic) bond motifs is 1. The number of carbonyl (C=O) groups is 1. The van der Waals surface area contributed by atoms with Gasteiger partial charge in [-0.2, -0.15) is 0 Å². The van der Waals surface area contributed by atoms with Gasteiger partial charge < -0.3 is 10.0 Å². The number of carboxylic acid groups (broad SMARTS) is 1. The van der Waals surface area contributed by atoms with Gasteiger partial charge >= 0.3 is 11.8 Å².